The number of pyridine rings is 1. The summed E-state index contributed by atoms with van der Waals surface area (Å²) in [6, 6.07) is 0. The first-order valence-corrected chi connectivity index (χ1v) is 8.27. The van der Waals surface area contributed by atoms with Gasteiger partial charge >= 0.3 is 5.97 Å². The zero-order chi connectivity index (χ0) is 18.1. The van der Waals surface area contributed by atoms with Crippen molar-refractivity contribution >= 4 is 22.8 Å². The molecule has 10 heteroatoms. The van der Waals surface area contributed by atoms with Crippen molar-refractivity contribution in [3.8, 4) is 11.3 Å². The van der Waals surface area contributed by atoms with E-state index in [4.69, 9.17) is 9.47 Å². The molecule has 1 saturated heterocycles. The number of H-pyrrole nitrogens is 2. The van der Waals surface area contributed by atoms with E-state index in [1.807, 2.05) is 4.90 Å². The SMILES string of the molecule is CCOC(=O)c1nc2nc(-c3cn[nH]c3)c(F)c(N3CCOCC3)c2[nH]1. The van der Waals surface area contributed by atoms with Crippen LogP contribution < -0.4 is 4.90 Å². The highest BCUT2D eigenvalue weighted by Crippen LogP contribution is 2.34. The molecule has 136 valence electrons. The molecule has 3 aromatic heterocycles. The van der Waals surface area contributed by atoms with Gasteiger partial charge in [-0.25, -0.2) is 19.2 Å². The van der Waals surface area contributed by atoms with Gasteiger partial charge < -0.3 is 19.4 Å². The number of nitrogens with zero attached hydrogens (tertiary/aromatic N) is 4. The maximum absolute atomic E-state index is 15.4. The third-order valence-electron chi connectivity index (χ3n) is 4.12. The van der Waals surface area contributed by atoms with Gasteiger partial charge in [-0.15, -0.1) is 0 Å². The Morgan fingerprint density at radius 1 is 1.38 bits per heavy atom. The van der Waals surface area contributed by atoms with E-state index in [-0.39, 0.29) is 23.8 Å². The van der Waals surface area contributed by atoms with Crippen LogP contribution in [0.15, 0.2) is 12.4 Å². The molecule has 0 aliphatic carbocycles. The van der Waals surface area contributed by atoms with Gasteiger partial charge in [0.05, 0.1) is 26.0 Å². The first kappa shape index (κ1) is 16.5. The topological polar surface area (TPSA) is 109 Å². The van der Waals surface area contributed by atoms with E-state index < -0.39 is 11.8 Å². The van der Waals surface area contributed by atoms with Gasteiger partial charge in [0.25, 0.3) is 0 Å². The zero-order valence-corrected chi connectivity index (χ0v) is 14.1. The van der Waals surface area contributed by atoms with Crippen molar-refractivity contribution in [1.82, 2.24) is 25.1 Å². The third kappa shape index (κ3) is 2.77. The van der Waals surface area contributed by atoms with Crippen LogP contribution in [0.3, 0.4) is 0 Å². The molecule has 9 nitrogen and oxygen atoms in total. The maximum Gasteiger partial charge on any atom is 0.374 e. The lowest BCUT2D eigenvalue weighted by atomic mass is 10.1. The highest BCUT2D eigenvalue weighted by molar-refractivity contribution is 5.95. The monoisotopic (exact) mass is 360 g/mol. The van der Waals surface area contributed by atoms with Crippen molar-refractivity contribution in [2.75, 3.05) is 37.8 Å². The molecule has 0 saturated carbocycles. The van der Waals surface area contributed by atoms with Crippen LogP contribution in [-0.4, -0.2) is 64.0 Å². The van der Waals surface area contributed by atoms with Gasteiger partial charge in [0.2, 0.25) is 5.82 Å². The predicted molar refractivity (Wildman–Crippen MR) is 90.4 cm³/mol. The lowest BCUT2D eigenvalue weighted by Crippen LogP contribution is -2.37. The summed E-state index contributed by atoms with van der Waals surface area (Å²) in [7, 11) is 0. The molecule has 1 aliphatic heterocycles. The van der Waals surface area contributed by atoms with Gasteiger partial charge in [-0.2, -0.15) is 5.10 Å². The smallest absolute Gasteiger partial charge is 0.374 e. The fourth-order valence-electron chi connectivity index (χ4n) is 2.94. The number of hydrogen-bond donors (Lipinski definition) is 2. The lowest BCUT2D eigenvalue weighted by Gasteiger charge is -2.29. The predicted octanol–water partition coefficient (Wildman–Crippen LogP) is 1.50. The van der Waals surface area contributed by atoms with E-state index >= 15 is 4.39 Å². The van der Waals surface area contributed by atoms with Crippen LogP contribution >= 0.6 is 0 Å². The average molecular weight is 360 g/mol. The van der Waals surface area contributed by atoms with Gasteiger partial charge in [0.1, 0.15) is 16.9 Å². The molecule has 4 heterocycles. The minimum atomic E-state index is -0.608. The fraction of sp³-hybridized carbons (Fsp3) is 0.375. The summed E-state index contributed by atoms with van der Waals surface area (Å²) in [6.45, 7) is 3.94. The summed E-state index contributed by atoms with van der Waals surface area (Å²) >= 11 is 0. The number of imidazole rings is 1. The Balaban J connectivity index is 1.91. The Hall–Kier alpha value is -3.01. The molecule has 0 spiro atoms. The number of esters is 1. The zero-order valence-electron chi connectivity index (χ0n) is 14.1. The maximum atomic E-state index is 15.4. The molecule has 0 atom stereocenters. The van der Waals surface area contributed by atoms with Gasteiger partial charge in [0.15, 0.2) is 11.5 Å². The molecular formula is C16H17FN6O3. The van der Waals surface area contributed by atoms with Crippen LogP contribution in [-0.2, 0) is 9.47 Å². The van der Waals surface area contributed by atoms with Gasteiger partial charge in [-0.05, 0) is 6.92 Å². The second kappa shape index (κ2) is 6.71. The van der Waals surface area contributed by atoms with Crippen molar-refractivity contribution in [2.45, 2.75) is 6.92 Å². The third-order valence-corrected chi connectivity index (χ3v) is 4.12. The lowest BCUT2D eigenvalue weighted by molar-refractivity contribution is 0.0513. The standard InChI is InChI=1S/C16H17FN6O3/c1-2-26-16(24)15-21-12-13(23-3-5-25-6-4-23)10(17)11(20-14(12)22-15)9-7-18-19-8-9/h7-8H,2-6H2,1H3,(H,18,19)(H,20,21,22). The van der Waals surface area contributed by atoms with Crippen LogP contribution in [0.4, 0.5) is 10.1 Å². The molecule has 0 aromatic carbocycles. The van der Waals surface area contributed by atoms with Crippen LogP contribution in [0.1, 0.15) is 17.5 Å². The van der Waals surface area contributed by atoms with Crippen molar-refractivity contribution in [1.29, 1.82) is 0 Å². The van der Waals surface area contributed by atoms with Gasteiger partial charge in [-0.1, -0.05) is 0 Å². The number of fused-ring (bicyclic) bond motifs is 1. The van der Waals surface area contributed by atoms with E-state index in [1.54, 1.807) is 13.1 Å². The average Bonchev–Trinajstić information content (AvgIpc) is 3.31. The highest BCUT2D eigenvalue weighted by Gasteiger charge is 2.26. The van der Waals surface area contributed by atoms with Crippen LogP contribution in [0, 0.1) is 5.82 Å². The van der Waals surface area contributed by atoms with Crippen LogP contribution in [0.2, 0.25) is 0 Å². The van der Waals surface area contributed by atoms with Crippen LogP contribution in [0.25, 0.3) is 22.4 Å². The number of rotatable bonds is 4. The first-order chi connectivity index (χ1) is 12.7. The quantitative estimate of drug-likeness (QED) is 0.679. The highest BCUT2D eigenvalue weighted by atomic mass is 19.1. The molecule has 2 N–H and O–H groups in total. The van der Waals surface area contributed by atoms with E-state index in [0.717, 1.165) is 0 Å². The van der Waals surface area contributed by atoms with Crippen molar-refractivity contribution in [3.05, 3.63) is 24.0 Å². The van der Waals surface area contributed by atoms with Crippen LogP contribution in [0.5, 0.6) is 0 Å². The van der Waals surface area contributed by atoms with Crippen molar-refractivity contribution < 1.29 is 18.7 Å². The number of aromatic amines is 2. The molecule has 3 aromatic rings. The summed E-state index contributed by atoms with van der Waals surface area (Å²) in [5, 5.41) is 6.50. The Bertz CT molecular complexity index is 933. The van der Waals surface area contributed by atoms with E-state index in [2.05, 4.69) is 25.1 Å². The minimum Gasteiger partial charge on any atom is -0.460 e. The minimum absolute atomic E-state index is 0.00685. The number of morpholine rings is 1. The molecule has 26 heavy (non-hydrogen) atoms. The fourth-order valence-corrected chi connectivity index (χ4v) is 2.94. The number of carbonyl (C=O) groups excluding carboxylic acids is 1. The summed E-state index contributed by atoms with van der Waals surface area (Å²) in [5.41, 5.74) is 1.54. The summed E-state index contributed by atoms with van der Waals surface area (Å²) < 4.78 is 25.7. The van der Waals surface area contributed by atoms with Crippen molar-refractivity contribution in [2.24, 2.45) is 0 Å². The van der Waals surface area contributed by atoms with E-state index in [0.29, 0.717) is 43.1 Å². The summed E-state index contributed by atoms with van der Waals surface area (Å²) in [5.74, 6) is -1.11. The molecule has 1 aliphatic rings. The Labute approximate surface area is 147 Å². The van der Waals surface area contributed by atoms with E-state index in [9.17, 15) is 4.79 Å². The number of hydrogen-bond acceptors (Lipinski definition) is 7. The Kier molecular flexibility index (Phi) is 4.25. The molecule has 0 radical (unpaired) electrons. The number of halogens is 1. The molecule has 0 amide bonds. The summed E-state index contributed by atoms with van der Waals surface area (Å²) in [6.07, 6.45) is 3.04. The number of ether oxygens (including phenoxy) is 2. The molecule has 0 bridgehead atoms. The summed E-state index contributed by atoms with van der Waals surface area (Å²) in [4.78, 5) is 25.2. The number of anilines is 1. The second-order valence-corrected chi connectivity index (χ2v) is 5.71. The largest absolute Gasteiger partial charge is 0.460 e. The molecular weight excluding hydrogens is 343 g/mol. The Morgan fingerprint density at radius 3 is 2.88 bits per heavy atom. The van der Waals surface area contributed by atoms with Crippen molar-refractivity contribution in [3.63, 3.8) is 0 Å². The normalized spacial score (nSPS) is 14.8. The second-order valence-electron chi connectivity index (χ2n) is 5.71. The number of nitrogens with one attached hydrogen (secondary N) is 2. The number of carbonyl (C=O) groups is 1. The molecule has 1 fully saturated rings. The molecule has 0 unspecified atom stereocenters. The number of aromatic nitrogens is 5. The Morgan fingerprint density at radius 2 is 2.19 bits per heavy atom. The van der Waals surface area contributed by atoms with Gasteiger partial charge in [0, 0.05) is 24.8 Å². The van der Waals surface area contributed by atoms with E-state index in [1.165, 1.54) is 6.20 Å². The van der Waals surface area contributed by atoms with Gasteiger partial charge in [-0.3, -0.25) is 5.10 Å². The first-order valence-electron chi connectivity index (χ1n) is 8.27. The molecule has 4 rings (SSSR count).